The Bertz CT molecular complexity index is 378. The van der Waals surface area contributed by atoms with Crippen molar-refractivity contribution in [2.75, 3.05) is 13.2 Å². The molecule has 0 aromatic heterocycles. The predicted octanol–water partition coefficient (Wildman–Crippen LogP) is 2.94. The largest absolute Gasteiger partial charge is 0.494 e. The zero-order chi connectivity index (χ0) is 14.4. The third-order valence-electron chi connectivity index (χ3n) is 3.55. The molecule has 2 atom stereocenters. The fourth-order valence-corrected chi connectivity index (χ4v) is 2.72. The van der Waals surface area contributed by atoms with Crippen molar-refractivity contribution in [1.82, 2.24) is 0 Å². The van der Waals surface area contributed by atoms with E-state index < -0.39 is 6.10 Å². The van der Waals surface area contributed by atoms with Crippen molar-refractivity contribution in [3.05, 3.63) is 28.8 Å². The molecule has 1 aromatic carbocycles. The molecule has 0 aliphatic heterocycles. The first-order chi connectivity index (χ1) is 9.03. The van der Waals surface area contributed by atoms with Gasteiger partial charge in [0.25, 0.3) is 0 Å². The van der Waals surface area contributed by atoms with E-state index in [1.54, 1.807) is 0 Å². The van der Waals surface area contributed by atoms with E-state index in [1.807, 2.05) is 6.92 Å². The van der Waals surface area contributed by atoms with E-state index >= 15 is 0 Å². The molecular formula is C16H26O3. The molecule has 0 aliphatic rings. The van der Waals surface area contributed by atoms with E-state index in [-0.39, 0.29) is 12.5 Å². The van der Waals surface area contributed by atoms with Gasteiger partial charge < -0.3 is 14.9 Å². The number of hydrogen-bond acceptors (Lipinski definition) is 3. The molecule has 0 saturated heterocycles. The molecule has 0 aliphatic carbocycles. The van der Waals surface area contributed by atoms with Gasteiger partial charge in [0.05, 0.1) is 19.3 Å². The summed E-state index contributed by atoms with van der Waals surface area (Å²) in [7, 11) is 0. The highest BCUT2D eigenvalue weighted by Gasteiger charge is 2.19. The number of aliphatic hydroxyl groups is 2. The first-order valence-corrected chi connectivity index (χ1v) is 7.06. The van der Waals surface area contributed by atoms with Crippen LogP contribution in [0.2, 0.25) is 0 Å². The van der Waals surface area contributed by atoms with Crippen molar-refractivity contribution >= 4 is 0 Å². The van der Waals surface area contributed by atoms with Gasteiger partial charge in [0.2, 0.25) is 0 Å². The van der Waals surface area contributed by atoms with E-state index in [9.17, 15) is 5.11 Å². The van der Waals surface area contributed by atoms with Crippen LogP contribution in [0.15, 0.2) is 12.1 Å². The molecule has 108 valence electrons. The lowest BCUT2D eigenvalue weighted by atomic mass is 9.85. The number of benzene rings is 1. The minimum atomic E-state index is -0.643. The molecule has 1 rings (SSSR count). The maximum absolute atomic E-state index is 9.67. The Morgan fingerprint density at radius 2 is 1.74 bits per heavy atom. The van der Waals surface area contributed by atoms with Crippen LogP contribution in [0.1, 0.15) is 49.3 Å². The van der Waals surface area contributed by atoms with Crippen LogP contribution in [0, 0.1) is 13.8 Å². The third-order valence-corrected chi connectivity index (χ3v) is 3.55. The molecular weight excluding hydrogens is 240 g/mol. The Labute approximate surface area is 116 Å². The Morgan fingerprint density at radius 1 is 1.16 bits per heavy atom. The molecule has 0 heterocycles. The van der Waals surface area contributed by atoms with Gasteiger partial charge >= 0.3 is 0 Å². The molecule has 0 fully saturated rings. The summed E-state index contributed by atoms with van der Waals surface area (Å²) in [5.41, 5.74) is 3.67. The summed E-state index contributed by atoms with van der Waals surface area (Å²) in [6, 6.07) is 4.11. The number of ether oxygens (including phenoxy) is 1. The number of rotatable bonds is 7. The van der Waals surface area contributed by atoms with Crippen LogP contribution in [-0.4, -0.2) is 29.5 Å². The lowest BCUT2D eigenvalue weighted by molar-refractivity contribution is 0.0816. The minimum absolute atomic E-state index is 0.175. The maximum Gasteiger partial charge on any atom is 0.119 e. The second-order valence-electron chi connectivity index (χ2n) is 5.08. The van der Waals surface area contributed by atoms with Gasteiger partial charge in [-0.3, -0.25) is 0 Å². The van der Waals surface area contributed by atoms with Gasteiger partial charge in [0.15, 0.2) is 0 Å². The lowest BCUT2D eigenvalue weighted by Crippen LogP contribution is -2.17. The molecule has 2 unspecified atom stereocenters. The van der Waals surface area contributed by atoms with E-state index in [4.69, 9.17) is 9.84 Å². The van der Waals surface area contributed by atoms with E-state index in [0.717, 1.165) is 12.2 Å². The van der Waals surface area contributed by atoms with Gasteiger partial charge in [0.1, 0.15) is 5.75 Å². The minimum Gasteiger partial charge on any atom is -0.494 e. The number of aliphatic hydroxyl groups excluding tert-OH is 2. The van der Waals surface area contributed by atoms with Gasteiger partial charge in [-0.15, -0.1) is 0 Å². The standard InChI is InChI=1S/C16H26O3/c1-5-13(9-14(18)10-17)16-11(3)7-15(19-6-2)8-12(16)4/h7-8,13-14,17-18H,5-6,9-10H2,1-4H3. The Hall–Kier alpha value is -1.06. The van der Waals surface area contributed by atoms with Gasteiger partial charge in [-0.2, -0.15) is 0 Å². The smallest absolute Gasteiger partial charge is 0.119 e. The van der Waals surface area contributed by atoms with Crippen LogP contribution in [0.4, 0.5) is 0 Å². The van der Waals surface area contributed by atoms with Gasteiger partial charge in [0, 0.05) is 0 Å². The molecule has 3 heteroatoms. The molecule has 0 spiro atoms. The van der Waals surface area contributed by atoms with Crippen LogP contribution in [0.5, 0.6) is 5.75 Å². The van der Waals surface area contributed by atoms with Crippen LogP contribution in [0.3, 0.4) is 0 Å². The molecule has 1 aromatic rings. The summed E-state index contributed by atoms with van der Waals surface area (Å²) in [4.78, 5) is 0. The van der Waals surface area contributed by atoms with Crippen molar-refractivity contribution in [2.45, 2.75) is 52.6 Å². The van der Waals surface area contributed by atoms with Gasteiger partial charge in [-0.05, 0) is 68.4 Å². The Balaban J connectivity index is 3.03. The quantitative estimate of drug-likeness (QED) is 0.797. The topological polar surface area (TPSA) is 49.7 Å². The average Bonchev–Trinajstić information content (AvgIpc) is 2.36. The molecule has 3 nitrogen and oxygen atoms in total. The highest BCUT2D eigenvalue weighted by molar-refractivity contribution is 5.43. The summed E-state index contributed by atoms with van der Waals surface area (Å²) in [6.45, 7) is 8.75. The van der Waals surface area contributed by atoms with Crippen molar-refractivity contribution in [3.63, 3.8) is 0 Å². The first kappa shape index (κ1) is 16.0. The lowest BCUT2D eigenvalue weighted by Gasteiger charge is -2.23. The van der Waals surface area contributed by atoms with Crippen LogP contribution < -0.4 is 4.74 Å². The zero-order valence-corrected chi connectivity index (χ0v) is 12.4. The fourth-order valence-electron chi connectivity index (χ4n) is 2.72. The Kier molecular flexibility index (Phi) is 6.32. The summed E-state index contributed by atoms with van der Waals surface area (Å²) >= 11 is 0. The van der Waals surface area contributed by atoms with E-state index in [2.05, 4.69) is 32.9 Å². The van der Waals surface area contributed by atoms with E-state index in [1.165, 1.54) is 16.7 Å². The SMILES string of the molecule is CCOc1cc(C)c(C(CC)CC(O)CO)c(C)c1. The molecule has 19 heavy (non-hydrogen) atoms. The fraction of sp³-hybridized carbons (Fsp3) is 0.625. The second-order valence-corrected chi connectivity index (χ2v) is 5.08. The summed E-state index contributed by atoms with van der Waals surface area (Å²) < 4.78 is 5.55. The summed E-state index contributed by atoms with van der Waals surface area (Å²) in [5.74, 6) is 1.18. The highest BCUT2D eigenvalue weighted by atomic mass is 16.5. The second kappa shape index (κ2) is 7.51. The molecule has 0 amide bonds. The van der Waals surface area contributed by atoms with Gasteiger partial charge in [-0.1, -0.05) is 6.92 Å². The maximum atomic E-state index is 9.67. The number of hydrogen-bond donors (Lipinski definition) is 2. The molecule has 0 saturated carbocycles. The number of aryl methyl sites for hydroxylation is 2. The van der Waals surface area contributed by atoms with Crippen molar-refractivity contribution in [1.29, 1.82) is 0 Å². The van der Waals surface area contributed by atoms with Crippen LogP contribution in [-0.2, 0) is 0 Å². The van der Waals surface area contributed by atoms with E-state index in [0.29, 0.717) is 13.0 Å². The summed E-state index contributed by atoms with van der Waals surface area (Å²) in [6.07, 6.45) is 0.908. The van der Waals surface area contributed by atoms with Crippen molar-refractivity contribution < 1.29 is 14.9 Å². The van der Waals surface area contributed by atoms with Crippen molar-refractivity contribution in [2.24, 2.45) is 0 Å². The van der Waals surface area contributed by atoms with Gasteiger partial charge in [-0.25, -0.2) is 0 Å². The predicted molar refractivity (Wildman–Crippen MR) is 77.8 cm³/mol. The summed E-state index contributed by atoms with van der Waals surface area (Å²) in [5, 5.41) is 18.7. The van der Waals surface area contributed by atoms with Crippen LogP contribution >= 0.6 is 0 Å². The molecule has 2 N–H and O–H groups in total. The average molecular weight is 266 g/mol. The monoisotopic (exact) mass is 266 g/mol. The van der Waals surface area contributed by atoms with Crippen LogP contribution in [0.25, 0.3) is 0 Å². The normalized spacial score (nSPS) is 14.2. The first-order valence-electron chi connectivity index (χ1n) is 7.06. The highest BCUT2D eigenvalue weighted by Crippen LogP contribution is 2.33. The third kappa shape index (κ3) is 4.22. The Morgan fingerprint density at radius 3 is 2.16 bits per heavy atom. The van der Waals surface area contributed by atoms with Crippen molar-refractivity contribution in [3.8, 4) is 5.75 Å². The molecule has 0 bridgehead atoms. The molecule has 0 radical (unpaired) electrons. The zero-order valence-electron chi connectivity index (χ0n) is 12.4.